The summed E-state index contributed by atoms with van der Waals surface area (Å²) in [5, 5.41) is 22.6. The molecule has 2 aromatic carbocycles. The summed E-state index contributed by atoms with van der Waals surface area (Å²) in [7, 11) is 0. The van der Waals surface area contributed by atoms with Gasteiger partial charge in [-0.3, -0.25) is 10.1 Å². The summed E-state index contributed by atoms with van der Waals surface area (Å²) in [6.07, 6.45) is 0.590. The zero-order valence-electron chi connectivity index (χ0n) is 17.4. The molecule has 0 saturated carbocycles. The van der Waals surface area contributed by atoms with Crippen LogP contribution in [-0.4, -0.2) is 52.4 Å². The number of aliphatic carboxylic acids is 1. The highest BCUT2D eigenvalue weighted by atomic mass is 16.5. The van der Waals surface area contributed by atoms with Gasteiger partial charge < -0.3 is 20.3 Å². The highest BCUT2D eigenvalue weighted by Crippen LogP contribution is 2.44. The Hall–Kier alpha value is -4.24. The zero-order chi connectivity index (χ0) is 23.4. The molecule has 4 N–H and O–H groups in total. The van der Waals surface area contributed by atoms with Gasteiger partial charge in [-0.15, -0.1) is 0 Å². The highest BCUT2D eigenvalue weighted by Gasteiger charge is 2.29. The highest BCUT2D eigenvalue weighted by molar-refractivity contribution is 5.95. The van der Waals surface area contributed by atoms with Gasteiger partial charge in [0.15, 0.2) is 6.04 Å². The summed E-state index contributed by atoms with van der Waals surface area (Å²) in [5.41, 5.74) is 4.71. The third-order valence-corrected chi connectivity index (χ3v) is 5.37. The van der Waals surface area contributed by atoms with E-state index in [1.54, 1.807) is 0 Å². The van der Waals surface area contributed by atoms with Crippen molar-refractivity contribution < 1.29 is 29.3 Å². The predicted octanol–water partition coefficient (Wildman–Crippen LogP) is 2.62. The molecule has 0 aliphatic heterocycles. The maximum absolute atomic E-state index is 12.3. The van der Waals surface area contributed by atoms with Crippen molar-refractivity contribution in [2.45, 2.75) is 12.0 Å². The quantitative estimate of drug-likeness (QED) is 0.437. The molecule has 0 saturated heterocycles. The third-order valence-electron chi connectivity index (χ3n) is 5.37. The number of carbonyl (C=O) groups excluding carboxylic acids is 2. The second-order valence-corrected chi connectivity index (χ2v) is 7.43. The molecule has 1 aliphatic rings. The molecule has 0 radical (unpaired) electrons. The number of aliphatic hydroxyl groups excluding tert-OH is 1. The van der Waals surface area contributed by atoms with Crippen molar-refractivity contribution in [2.75, 3.05) is 18.5 Å². The van der Waals surface area contributed by atoms with E-state index in [4.69, 9.17) is 14.9 Å². The predicted molar refractivity (Wildman–Crippen MR) is 119 cm³/mol. The number of carbonyl (C=O) groups is 3. The van der Waals surface area contributed by atoms with Gasteiger partial charge in [0, 0.05) is 5.92 Å². The van der Waals surface area contributed by atoms with Gasteiger partial charge in [-0.1, -0.05) is 48.5 Å². The van der Waals surface area contributed by atoms with E-state index < -0.39 is 30.6 Å². The van der Waals surface area contributed by atoms with Crippen molar-refractivity contribution in [3.05, 3.63) is 83.7 Å². The van der Waals surface area contributed by atoms with E-state index in [2.05, 4.69) is 27.8 Å². The first-order valence-corrected chi connectivity index (χ1v) is 10.2. The van der Waals surface area contributed by atoms with Crippen LogP contribution in [0.3, 0.4) is 0 Å². The smallest absolute Gasteiger partial charge is 0.411 e. The van der Waals surface area contributed by atoms with Gasteiger partial charge in [0.05, 0.1) is 18.5 Å². The molecule has 2 amide bonds. The van der Waals surface area contributed by atoms with Crippen molar-refractivity contribution in [2.24, 2.45) is 0 Å². The SMILES string of the molecule is O=C(Nc1ccc(C(=O)N[C@@H](CO)C(=O)O)nc1)OCC1c2ccccc2-c2ccccc21. The number of fused-ring (bicyclic) bond motifs is 3. The number of hydrogen-bond acceptors (Lipinski definition) is 6. The minimum absolute atomic E-state index is 0.0622. The Labute approximate surface area is 189 Å². The molecule has 4 rings (SSSR count). The summed E-state index contributed by atoms with van der Waals surface area (Å²) in [4.78, 5) is 39.2. The van der Waals surface area contributed by atoms with Gasteiger partial charge in [-0.2, -0.15) is 0 Å². The van der Waals surface area contributed by atoms with E-state index in [0.717, 1.165) is 22.3 Å². The monoisotopic (exact) mass is 447 g/mol. The molecule has 0 fully saturated rings. The Bertz CT molecular complexity index is 1150. The van der Waals surface area contributed by atoms with Gasteiger partial charge in [0.25, 0.3) is 5.91 Å². The number of carboxylic acids is 1. The lowest BCUT2D eigenvalue weighted by Crippen LogP contribution is -2.43. The van der Waals surface area contributed by atoms with Crippen molar-refractivity contribution in [3.8, 4) is 11.1 Å². The van der Waals surface area contributed by atoms with Crippen LogP contribution in [0.15, 0.2) is 66.9 Å². The van der Waals surface area contributed by atoms with Crippen molar-refractivity contribution in [1.82, 2.24) is 10.3 Å². The largest absolute Gasteiger partial charge is 0.480 e. The summed E-state index contributed by atoms with van der Waals surface area (Å²) in [6.45, 7) is -0.589. The molecular weight excluding hydrogens is 426 g/mol. The lowest BCUT2D eigenvalue weighted by Gasteiger charge is -2.14. The summed E-state index contributed by atoms with van der Waals surface area (Å²) in [6, 6.07) is 17.4. The molecule has 3 aromatic rings. The standard InChI is InChI=1S/C24H21N3O6/c28-12-21(23(30)31)27-22(29)20-10-9-14(11-25-20)26-24(32)33-13-19-17-7-3-1-5-15(17)16-6-2-4-8-18(16)19/h1-11,19,21,28H,12-13H2,(H,26,32)(H,27,29)(H,30,31)/t21-/m0/s1. The average molecular weight is 447 g/mol. The second-order valence-electron chi connectivity index (χ2n) is 7.43. The van der Waals surface area contributed by atoms with Crippen molar-refractivity contribution >= 4 is 23.7 Å². The fraction of sp³-hybridized carbons (Fsp3) is 0.167. The Morgan fingerprint density at radius 2 is 1.61 bits per heavy atom. The number of rotatable bonds is 7. The number of hydrogen-bond donors (Lipinski definition) is 4. The number of aliphatic hydroxyl groups is 1. The molecule has 9 nitrogen and oxygen atoms in total. The lowest BCUT2D eigenvalue weighted by atomic mass is 9.98. The molecule has 0 unspecified atom stereocenters. The number of nitrogens with zero attached hydrogens (tertiary/aromatic N) is 1. The maximum Gasteiger partial charge on any atom is 0.411 e. The fourth-order valence-corrected chi connectivity index (χ4v) is 3.77. The van der Waals surface area contributed by atoms with E-state index in [9.17, 15) is 14.4 Å². The van der Waals surface area contributed by atoms with Gasteiger partial charge in [0.1, 0.15) is 12.3 Å². The van der Waals surface area contributed by atoms with Crippen LogP contribution in [0.4, 0.5) is 10.5 Å². The maximum atomic E-state index is 12.3. The number of benzene rings is 2. The minimum Gasteiger partial charge on any atom is -0.480 e. The van der Waals surface area contributed by atoms with Crippen LogP contribution in [0, 0.1) is 0 Å². The molecule has 1 atom stereocenters. The number of aromatic nitrogens is 1. The van der Waals surface area contributed by atoms with Crippen LogP contribution < -0.4 is 10.6 Å². The van der Waals surface area contributed by atoms with Crippen LogP contribution >= 0.6 is 0 Å². The van der Waals surface area contributed by atoms with Crippen LogP contribution in [0.25, 0.3) is 11.1 Å². The molecule has 33 heavy (non-hydrogen) atoms. The summed E-state index contributed by atoms with van der Waals surface area (Å²) in [5.74, 6) is -2.19. The molecule has 9 heteroatoms. The van der Waals surface area contributed by atoms with Crippen LogP contribution in [0.5, 0.6) is 0 Å². The van der Waals surface area contributed by atoms with E-state index in [1.807, 2.05) is 36.4 Å². The van der Waals surface area contributed by atoms with E-state index in [-0.39, 0.29) is 18.2 Å². The zero-order valence-corrected chi connectivity index (χ0v) is 17.4. The van der Waals surface area contributed by atoms with Gasteiger partial charge in [-0.05, 0) is 34.4 Å². The van der Waals surface area contributed by atoms with E-state index in [1.165, 1.54) is 18.3 Å². The first-order chi connectivity index (χ1) is 16.0. The number of amides is 2. The van der Waals surface area contributed by atoms with Gasteiger partial charge in [-0.25, -0.2) is 14.6 Å². The number of ether oxygens (including phenoxy) is 1. The molecule has 0 bridgehead atoms. The Balaban J connectivity index is 1.36. The molecule has 1 heterocycles. The van der Waals surface area contributed by atoms with Crippen molar-refractivity contribution in [3.63, 3.8) is 0 Å². The Morgan fingerprint density at radius 3 is 2.15 bits per heavy atom. The molecule has 1 aliphatic carbocycles. The average Bonchev–Trinajstić information content (AvgIpc) is 3.15. The van der Waals surface area contributed by atoms with Crippen LogP contribution in [-0.2, 0) is 9.53 Å². The molecule has 1 aromatic heterocycles. The van der Waals surface area contributed by atoms with E-state index >= 15 is 0 Å². The number of nitrogens with one attached hydrogen (secondary N) is 2. The molecule has 0 spiro atoms. The third kappa shape index (κ3) is 4.68. The summed E-state index contributed by atoms with van der Waals surface area (Å²) >= 11 is 0. The summed E-state index contributed by atoms with van der Waals surface area (Å²) < 4.78 is 5.46. The Kier molecular flexibility index (Phi) is 6.32. The van der Waals surface area contributed by atoms with E-state index in [0.29, 0.717) is 5.69 Å². The first kappa shape index (κ1) is 22.0. The lowest BCUT2D eigenvalue weighted by molar-refractivity contribution is -0.140. The molecule has 168 valence electrons. The van der Waals surface area contributed by atoms with Gasteiger partial charge in [0.2, 0.25) is 0 Å². The Morgan fingerprint density at radius 1 is 0.970 bits per heavy atom. The number of anilines is 1. The minimum atomic E-state index is -1.43. The first-order valence-electron chi connectivity index (χ1n) is 10.2. The number of pyridine rings is 1. The second kappa shape index (κ2) is 9.49. The topological polar surface area (TPSA) is 138 Å². The van der Waals surface area contributed by atoms with Crippen LogP contribution in [0.1, 0.15) is 27.5 Å². The normalized spacial score (nSPS) is 12.9. The molecular formula is C24H21N3O6. The van der Waals surface area contributed by atoms with Gasteiger partial charge >= 0.3 is 12.1 Å². The number of carboxylic acid groups (broad SMARTS) is 1. The fourth-order valence-electron chi connectivity index (χ4n) is 3.77. The van der Waals surface area contributed by atoms with Crippen molar-refractivity contribution in [1.29, 1.82) is 0 Å². The van der Waals surface area contributed by atoms with Crippen LogP contribution in [0.2, 0.25) is 0 Å².